The zero-order chi connectivity index (χ0) is 12.1. The molecule has 0 aliphatic rings. The average Bonchev–Trinajstić information content (AvgIpc) is 2.82. The van der Waals surface area contributed by atoms with Crippen LogP contribution in [0.15, 0.2) is 47.1 Å². The van der Waals surface area contributed by atoms with Gasteiger partial charge in [-0.1, -0.05) is 23.8 Å². The highest BCUT2D eigenvalue weighted by molar-refractivity contribution is 7.99. The number of benzene rings is 1. The topological polar surface area (TPSA) is 30.2 Å². The van der Waals surface area contributed by atoms with Crippen LogP contribution in [-0.2, 0) is 5.75 Å². The van der Waals surface area contributed by atoms with Gasteiger partial charge >= 0.3 is 0 Å². The Morgan fingerprint density at radius 3 is 2.88 bits per heavy atom. The van der Waals surface area contributed by atoms with Gasteiger partial charge in [0.25, 0.3) is 0 Å². The van der Waals surface area contributed by atoms with Crippen molar-refractivity contribution in [1.82, 2.24) is 0 Å². The molecule has 2 rings (SSSR count). The van der Waals surface area contributed by atoms with Crippen molar-refractivity contribution in [2.75, 3.05) is 5.75 Å². The van der Waals surface area contributed by atoms with Gasteiger partial charge in [0.15, 0.2) is 5.78 Å². The van der Waals surface area contributed by atoms with Crippen LogP contribution in [0.5, 0.6) is 0 Å². The van der Waals surface area contributed by atoms with E-state index in [0.29, 0.717) is 5.75 Å². The Hall–Kier alpha value is -1.48. The molecular weight excluding hydrogens is 232 g/mol. The maximum absolute atomic E-state index is 11.9. The van der Waals surface area contributed by atoms with Crippen molar-refractivity contribution in [3.63, 3.8) is 0 Å². The molecule has 17 heavy (non-hydrogen) atoms. The van der Waals surface area contributed by atoms with Crippen LogP contribution in [0.4, 0.5) is 0 Å². The second-order valence-electron chi connectivity index (χ2n) is 3.86. The lowest BCUT2D eigenvalue weighted by atomic mass is 10.1. The molecule has 2 nitrogen and oxygen atoms in total. The van der Waals surface area contributed by atoms with E-state index in [1.807, 2.05) is 43.3 Å². The van der Waals surface area contributed by atoms with Gasteiger partial charge in [0.05, 0.1) is 17.8 Å². The standard InChI is InChI=1S/C14H14O2S/c1-11-4-2-5-12(8-11)14(15)10-17-9-13-6-3-7-16-13/h2-8H,9-10H2,1H3. The van der Waals surface area contributed by atoms with Crippen molar-refractivity contribution in [3.05, 3.63) is 59.5 Å². The number of ketones is 1. The number of Topliss-reactive ketones (excluding diaryl/α,β-unsaturated/α-hetero) is 1. The molecule has 0 fully saturated rings. The summed E-state index contributed by atoms with van der Waals surface area (Å²) in [7, 11) is 0. The molecule has 0 atom stereocenters. The van der Waals surface area contributed by atoms with Crippen LogP contribution in [-0.4, -0.2) is 11.5 Å². The summed E-state index contributed by atoms with van der Waals surface area (Å²) in [6.07, 6.45) is 1.65. The van der Waals surface area contributed by atoms with Crippen molar-refractivity contribution in [3.8, 4) is 0 Å². The Kier molecular flexibility index (Phi) is 4.04. The molecule has 1 heterocycles. The van der Waals surface area contributed by atoms with Crippen molar-refractivity contribution >= 4 is 17.5 Å². The first-order valence-corrected chi connectivity index (χ1v) is 6.61. The smallest absolute Gasteiger partial charge is 0.172 e. The fourth-order valence-electron chi connectivity index (χ4n) is 1.54. The van der Waals surface area contributed by atoms with Gasteiger partial charge in [-0.05, 0) is 25.1 Å². The normalized spacial score (nSPS) is 10.4. The molecule has 0 bridgehead atoms. The molecule has 0 saturated heterocycles. The van der Waals surface area contributed by atoms with Gasteiger partial charge in [-0.3, -0.25) is 4.79 Å². The Balaban J connectivity index is 1.85. The summed E-state index contributed by atoms with van der Waals surface area (Å²) in [6.45, 7) is 1.99. The lowest BCUT2D eigenvalue weighted by Gasteiger charge is -2.01. The van der Waals surface area contributed by atoms with E-state index >= 15 is 0 Å². The lowest BCUT2D eigenvalue weighted by Crippen LogP contribution is -2.02. The van der Waals surface area contributed by atoms with Gasteiger partial charge in [0.1, 0.15) is 5.76 Å². The number of hydrogen-bond donors (Lipinski definition) is 0. The monoisotopic (exact) mass is 246 g/mol. The quantitative estimate of drug-likeness (QED) is 0.753. The zero-order valence-corrected chi connectivity index (χ0v) is 10.5. The molecule has 1 aromatic carbocycles. The molecular formula is C14H14O2S. The minimum absolute atomic E-state index is 0.172. The van der Waals surface area contributed by atoms with Crippen LogP contribution in [0.1, 0.15) is 21.7 Å². The zero-order valence-electron chi connectivity index (χ0n) is 9.68. The van der Waals surface area contributed by atoms with Crippen LogP contribution in [0.2, 0.25) is 0 Å². The second kappa shape index (κ2) is 5.73. The molecule has 0 amide bonds. The van der Waals surface area contributed by atoms with E-state index in [-0.39, 0.29) is 5.78 Å². The summed E-state index contributed by atoms with van der Waals surface area (Å²) in [5, 5.41) is 0. The molecule has 0 saturated carbocycles. The molecule has 1 aromatic heterocycles. The maximum Gasteiger partial charge on any atom is 0.172 e. The van der Waals surface area contributed by atoms with Crippen LogP contribution in [0.3, 0.4) is 0 Å². The molecule has 0 spiro atoms. The highest BCUT2D eigenvalue weighted by Gasteiger charge is 2.06. The second-order valence-corrected chi connectivity index (χ2v) is 4.85. The number of carbonyl (C=O) groups is 1. The maximum atomic E-state index is 11.9. The minimum Gasteiger partial charge on any atom is -0.468 e. The van der Waals surface area contributed by atoms with E-state index in [9.17, 15) is 4.79 Å². The molecule has 0 aliphatic carbocycles. The predicted molar refractivity (Wildman–Crippen MR) is 70.4 cm³/mol. The third kappa shape index (κ3) is 3.49. The average molecular weight is 246 g/mol. The first-order valence-electron chi connectivity index (χ1n) is 5.46. The van der Waals surface area contributed by atoms with Crippen molar-refractivity contribution in [2.45, 2.75) is 12.7 Å². The summed E-state index contributed by atoms with van der Waals surface area (Å²) in [5.41, 5.74) is 1.91. The first-order chi connectivity index (χ1) is 8.25. The van der Waals surface area contributed by atoms with Crippen LogP contribution >= 0.6 is 11.8 Å². The summed E-state index contributed by atoms with van der Waals surface area (Å²) in [6, 6.07) is 11.5. The summed E-state index contributed by atoms with van der Waals surface area (Å²) in [5.74, 6) is 2.31. The van der Waals surface area contributed by atoms with Gasteiger partial charge in [0, 0.05) is 5.56 Å². The van der Waals surface area contributed by atoms with Crippen molar-refractivity contribution < 1.29 is 9.21 Å². The van der Waals surface area contributed by atoms with E-state index in [1.165, 1.54) is 0 Å². The minimum atomic E-state index is 0.172. The molecule has 0 unspecified atom stereocenters. The van der Waals surface area contributed by atoms with E-state index in [0.717, 1.165) is 22.6 Å². The lowest BCUT2D eigenvalue weighted by molar-refractivity contribution is 0.102. The number of furan rings is 1. The van der Waals surface area contributed by atoms with E-state index < -0.39 is 0 Å². The molecule has 2 aromatic rings. The van der Waals surface area contributed by atoms with E-state index in [1.54, 1.807) is 18.0 Å². The number of rotatable bonds is 5. The van der Waals surface area contributed by atoms with Gasteiger partial charge in [-0.15, -0.1) is 11.8 Å². The Morgan fingerprint density at radius 2 is 2.18 bits per heavy atom. The Labute approximate surface area is 105 Å². The van der Waals surface area contributed by atoms with Gasteiger partial charge in [0.2, 0.25) is 0 Å². The first kappa shape index (κ1) is 12.0. The van der Waals surface area contributed by atoms with Crippen LogP contribution in [0.25, 0.3) is 0 Å². The molecule has 0 radical (unpaired) electrons. The highest BCUT2D eigenvalue weighted by atomic mass is 32.2. The number of thioether (sulfide) groups is 1. The third-order valence-electron chi connectivity index (χ3n) is 2.40. The highest BCUT2D eigenvalue weighted by Crippen LogP contribution is 2.15. The molecule has 3 heteroatoms. The van der Waals surface area contributed by atoms with Gasteiger partial charge in [-0.2, -0.15) is 0 Å². The third-order valence-corrected chi connectivity index (χ3v) is 3.35. The van der Waals surface area contributed by atoms with Gasteiger partial charge in [-0.25, -0.2) is 0 Å². The van der Waals surface area contributed by atoms with Gasteiger partial charge < -0.3 is 4.42 Å². The fourth-order valence-corrected chi connectivity index (χ4v) is 2.36. The Bertz CT molecular complexity index is 489. The largest absolute Gasteiger partial charge is 0.468 e. The van der Waals surface area contributed by atoms with Crippen LogP contribution < -0.4 is 0 Å². The number of hydrogen-bond acceptors (Lipinski definition) is 3. The van der Waals surface area contributed by atoms with Crippen LogP contribution in [0, 0.1) is 6.92 Å². The molecule has 88 valence electrons. The SMILES string of the molecule is Cc1cccc(C(=O)CSCc2ccco2)c1. The molecule has 0 N–H and O–H groups in total. The number of aryl methyl sites for hydroxylation is 1. The fraction of sp³-hybridized carbons (Fsp3) is 0.214. The summed E-state index contributed by atoms with van der Waals surface area (Å²) >= 11 is 1.58. The summed E-state index contributed by atoms with van der Waals surface area (Å²) in [4.78, 5) is 11.9. The van der Waals surface area contributed by atoms with Crippen molar-refractivity contribution in [1.29, 1.82) is 0 Å². The summed E-state index contributed by atoms with van der Waals surface area (Å²) < 4.78 is 5.21. The molecule has 0 aliphatic heterocycles. The number of carbonyl (C=O) groups excluding carboxylic acids is 1. The van der Waals surface area contributed by atoms with E-state index in [2.05, 4.69) is 0 Å². The van der Waals surface area contributed by atoms with E-state index in [4.69, 9.17) is 4.42 Å². The predicted octanol–water partition coefficient (Wildman–Crippen LogP) is 3.70. The Morgan fingerprint density at radius 1 is 1.29 bits per heavy atom. The van der Waals surface area contributed by atoms with Crippen molar-refractivity contribution in [2.24, 2.45) is 0 Å².